The molecule has 0 spiro atoms. The van der Waals surface area contributed by atoms with Crippen LogP contribution in [0.2, 0.25) is 0 Å². The molecule has 7 nitrogen and oxygen atoms in total. The smallest absolute Gasteiger partial charge is 0.251 e. The molecule has 2 aromatic carbocycles. The van der Waals surface area contributed by atoms with Gasteiger partial charge < -0.3 is 15.8 Å². The number of carbonyl (C=O) groups excluding carboxylic acids is 1. The predicted octanol–water partition coefficient (Wildman–Crippen LogP) is 1.17. The standard InChI is InChI=1S/C18H23N3O4S/c1-25-13-12-21-26(23,24)17-8-4-15(5-9-17)18(22)20-11-10-14-2-6-16(19)7-3-14/h2-9,21H,10-13,19H2,1H3,(H,20,22). The molecular weight excluding hydrogens is 354 g/mol. The minimum atomic E-state index is -3.60. The summed E-state index contributed by atoms with van der Waals surface area (Å²) in [6.45, 7) is 0.946. The highest BCUT2D eigenvalue weighted by molar-refractivity contribution is 7.89. The quantitative estimate of drug-likeness (QED) is 0.449. The van der Waals surface area contributed by atoms with E-state index < -0.39 is 10.0 Å². The Bertz CT molecular complexity index is 819. The first-order chi connectivity index (χ1) is 12.4. The highest BCUT2D eigenvalue weighted by atomic mass is 32.2. The van der Waals surface area contributed by atoms with Gasteiger partial charge in [0, 0.05) is 31.5 Å². The lowest BCUT2D eigenvalue weighted by Gasteiger charge is -2.08. The molecule has 0 saturated carbocycles. The van der Waals surface area contributed by atoms with Crippen molar-refractivity contribution in [2.45, 2.75) is 11.3 Å². The van der Waals surface area contributed by atoms with Gasteiger partial charge in [0.2, 0.25) is 10.0 Å². The fourth-order valence-electron chi connectivity index (χ4n) is 2.25. The van der Waals surface area contributed by atoms with Gasteiger partial charge in [-0.2, -0.15) is 0 Å². The van der Waals surface area contributed by atoms with Crippen LogP contribution in [0.1, 0.15) is 15.9 Å². The van der Waals surface area contributed by atoms with Crippen molar-refractivity contribution < 1.29 is 17.9 Å². The van der Waals surface area contributed by atoms with Crippen molar-refractivity contribution in [2.75, 3.05) is 32.5 Å². The van der Waals surface area contributed by atoms with Gasteiger partial charge in [0.05, 0.1) is 11.5 Å². The highest BCUT2D eigenvalue weighted by Crippen LogP contribution is 2.11. The zero-order valence-electron chi connectivity index (χ0n) is 14.6. The Kier molecular flexibility index (Phi) is 7.14. The first-order valence-electron chi connectivity index (χ1n) is 8.13. The SMILES string of the molecule is COCCNS(=O)(=O)c1ccc(C(=O)NCCc2ccc(N)cc2)cc1. The number of ether oxygens (including phenoxy) is 1. The third-order valence-electron chi connectivity index (χ3n) is 3.70. The van der Waals surface area contributed by atoms with Gasteiger partial charge in [-0.25, -0.2) is 13.1 Å². The van der Waals surface area contributed by atoms with Crippen LogP contribution >= 0.6 is 0 Å². The predicted molar refractivity (Wildman–Crippen MR) is 100 cm³/mol. The molecule has 1 amide bonds. The van der Waals surface area contributed by atoms with Gasteiger partial charge in [0.25, 0.3) is 5.91 Å². The number of nitrogens with two attached hydrogens (primary N) is 1. The number of hydrogen-bond acceptors (Lipinski definition) is 5. The van der Waals surface area contributed by atoms with Crippen LogP contribution in [-0.2, 0) is 21.2 Å². The van der Waals surface area contributed by atoms with E-state index in [0.717, 1.165) is 5.56 Å². The van der Waals surface area contributed by atoms with Crippen LogP contribution in [0.25, 0.3) is 0 Å². The van der Waals surface area contributed by atoms with E-state index in [9.17, 15) is 13.2 Å². The van der Waals surface area contributed by atoms with Crippen molar-refractivity contribution in [3.63, 3.8) is 0 Å². The summed E-state index contributed by atoms with van der Waals surface area (Å²) in [5.74, 6) is -0.253. The largest absolute Gasteiger partial charge is 0.399 e. The summed E-state index contributed by atoms with van der Waals surface area (Å²) in [4.78, 5) is 12.3. The normalized spacial score (nSPS) is 11.3. The molecule has 0 unspecified atom stereocenters. The number of nitrogens with one attached hydrogen (secondary N) is 2. The van der Waals surface area contributed by atoms with Gasteiger partial charge >= 0.3 is 0 Å². The molecule has 0 fully saturated rings. The Labute approximate surface area is 153 Å². The van der Waals surface area contributed by atoms with E-state index in [2.05, 4.69) is 10.0 Å². The van der Waals surface area contributed by atoms with Crippen LogP contribution in [0.4, 0.5) is 5.69 Å². The van der Waals surface area contributed by atoms with Crippen LogP contribution in [0.3, 0.4) is 0 Å². The zero-order chi connectivity index (χ0) is 19.0. The summed E-state index contributed by atoms with van der Waals surface area (Å²) in [6, 6.07) is 13.3. The summed E-state index contributed by atoms with van der Waals surface area (Å²) >= 11 is 0. The molecule has 0 bridgehead atoms. The van der Waals surface area contributed by atoms with Crippen molar-refractivity contribution in [3.8, 4) is 0 Å². The second-order valence-electron chi connectivity index (χ2n) is 5.66. The molecular formula is C18H23N3O4S. The average Bonchev–Trinajstić information content (AvgIpc) is 2.63. The zero-order valence-corrected chi connectivity index (χ0v) is 15.4. The lowest BCUT2D eigenvalue weighted by Crippen LogP contribution is -2.28. The van der Waals surface area contributed by atoms with E-state index in [4.69, 9.17) is 10.5 Å². The van der Waals surface area contributed by atoms with Gasteiger partial charge in [-0.1, -0.05) is 12.1 Å². The van der Waals surface area contributed by atoms with E-state index in [0.29, 0.717) is 24.2 Å². The number of sulfonamides is 1. The van der Waals surface area contributed by atoms with Crippen molar-refractivity contribution in [1.82, 2.24) is 10.0 Å². The van der Waals surface area contributed by atoms with E-state index in [-0.39, 0.29) is 24.0 Å². The van der Waals surface area contributed by atoms with Gasteiger partial charge in [-0.15, -0.1) is 0 Å². The van der Waals surface area contributed by atoms with E-state index in [1.165, 1.54) is 31.4 Å². The van der Waals surface area contributed by atoms with E-state index in [1.807, 2.05) is 24.3 Å². The second kappa shape index (κ2) is 9.33. The molecule has 0 aromatic heterocycles. The maximum absolute atomic E-state index is 12.1. The summed E-state index contributed by atoms with van der Waals surface area (Å²) in [5, 5.41) is 2.81. The van der Waals surface area contributed by atoms with E-state index in [1.54, 1.807) is 0 Å². The summed E-state index contributed by atoms with van der Waals surface area (Å²) in [6.07, 6.45) is 0.682. The van der Waals surface area contributed by atoms with Crippen molar-refractivity contribution in [1.29, 1.82) is 0 Å². The fraction of sp³-hybridized carbons (Fsp3) is 0.278. The summed E-state index contributed by atoms with van der Waals surface area (Å²) in [7, 11) is -2.11. The number of anilines is 1. The third kappa shape index (κ3) is 5.83. The molecule has 0 aliphatic rings. The molecule has 2 aromatic rings. The first-order valence-corrected chi connectivity index (χ1v) is 9.62. The fourth-order valence-corrected chi connectivity index (χ4v) is 3.27. The maximum Gasteiger partial charge on any atom is 0.251 e. The van der Waals surface area contributed by atoms with Gasteiger partial charge in [-0.3, -0.25) is 4.79 Å². The van der Waals surface area contributed by atoms with Crippen molar-refractivity contribution in [2.24, 2.45) is 0 Å². The van der Waals surface area contributed by atoms with Crippen LogP contribution in [-0.4, -0.2) is 41.1 Å². The second-order valence-corrected chi connectivity index (χ2v) is 7.43. The van der Waals surface area contributed by atoms with E-state index >= 15 is 0 Å². The summed E-state index contributed by atoms with van der Waals surface area (Å²) < 4.78 is 31.4. The molecule has 0 heterocycles. The highest BCUT2D eigenvalue weighted by Gasteiger charge is 2.14. The van der Waals surface area contributed by atoms with Crippen LogP contribution in [0, 0.1) is 0 Å². The maximum atomic E-state index is 12.1. The molecule has 2 rings (SSSR count). The van der Waals surface area contributed by atoms with Gasteiger partial charge in [0.1, 0.15) is 0 Å². The lowest BCUT2D eigenvalue weighted by atomic mass is 10.1. The van der Waals surface area contributed by atoms with Crippen molar-refractivity contribution >= 4 is 21.6 Å². The Morgan fingerprint density at radius 1 is 1.04 bits per heavy atom. The van der Waals surface area contributed by atoms with Crippen LogP contribution < -0.4 is 15.8 Å². The molecule has 0 aliphatic heterocycles. The van der Waals surface area contributed by atoms with Crippen LogP contribution in [0.5, 0.6) is 0 Å². The average molecular weight is 377 g/mol. The number of methoxy groups -OCH3 is 1. The summed E-state index contributed by atoms with van der Waals surface area (Å²) in [5.41, 5.74) is 7.81. The monoisotopic (exact) mass is 377 g/mol. The molecule has 0 atom stereocenters. The molecule has 8 heteroatoms. The number of carbonyl (C=O) groups is 1. The Hall–Kier alpha value is -2.42. The van der Waals surface area contributed by atoms with Crippen molar-refractivity contribution in [3.05, 3.63) is 59.7 Å². The van der Waals surface area contributed by atoms with Gasteiger partial charge in [-0.05, 0) is 48.4 Å². The molecule has 0 saturated heterocycles. The topological polar surface area (TPSA) is 111 Å². The van der Waals surface area contributed by atoms with Gasteiger partial charge in [0.15, 0.2) is 0 Å². The molecule has 140 valence electrons. The van der Waals surface area contributed by atoms with Crippen LogP contribution in [0.15, 0.2) is 53.4 Å². The minimum absolute atomic E-state index is 0.104. The molecule has 4 N–H and O–H groups in total. The lowest BCUT2D eigenvalue weighted by molar-refractivity contribution is 0.0954. The molecule has 0 radical (unpaired) electrons. The Morgan fingerprint density at radius 3 is 2.31 bits per heavy atom. The molecule has 0 aliphatic carbocycles. The number of rotatable bonds is 9. The third-order valence-corrected chi connectivity index (χ3v) is 5.18. The first kappa shape index (κ1) is 19.9. The number of amides is 1. The minimum Gasteiger partial charge on any atom is -0.399 e. The number of nitrogen functional groups attached to an aromatic ring is 1. The number of benzene rings is 2. The Morgan fingerprint density at radius 2 is 1.69 bits per heavy atom. The molecule has 26 heavy (non-hydrogen) atoms. The number of hydrogen-bond donors (Lipinski definition) is 3. The Balaban J connectivity index is 1.88.